The molecule has 8 heteroatoms. The molecule has 0 saturated carbocycles. The quantitative estimate of drug-likeness (QED) is 0.653. The van der Waals surface area contributed by atoms with E-state index >= 15 is 0 Å². The lowest BCUT2D eigenvalue weighted by Gasteiger charge is -2.09. The molecular formula is C10H12N6O2. The summed E-state index contributed by atoms with van der Waals surface area (Å²) >= 11 is 0. The van der Waals surface area contributed by atoms with Gasteiger partial charge in [-0.05, 0) is 6.07 Å². The lowest BCUT2D eigenvalue weighted by Crippen LogP contribution is -2.28. The molecule has 2 aromatic heterocycles. The molecule has 0 saturated heterocycles. The number of nitrogens with two attached hydrogens (primary N) is 1. The number of carbonyl (C=O) groups is 1. The van der Waals surface area contributed by atoms with Crippen LogP contribution in [0, 0.1) is 0 Å². The highest BCUT2D eigenvalue weighted by molar-refractivity contribution is 5.94. The zero-order chi connectivity index (χ0) is 13.1. The number of hydrogen-bond acceptors (Lipinski definition) is 5. The first-order valence-corrected chi connectivity index (χ1v) is 5.17. The van der Waals surface area contributed by atoms with Crippen molar-refractivity contribution in [2.75, 3.05) is 5.32 Å². The van der Waals surface area contributed by atoms with Gasteiger partial charge in [-0.2, -0.15) is 10.2 Å². The Morgan fingerprint density at radius 3 is 2.89 bits per heavy atom. The number of anilines is 1. The van der Waals surface area contributed by atoms with E-state index in [2.05, 4.69) is 20.6 Å². The summed E-state index contributed by atoms with van der Waals surface area (Å²) in [5.74, 6) is -0.193. The summed E-state index contributed by atoms with van der Waals surface area (Å²) in [7, 11) is 1.73. The fraction of sp³-hybridized carbons (Fsp3) is 0.200. The van der Waals surface area contributed by atoms with Crippen LogP contribution < -0.4 is 16.6 Å². The van der Waals surface area contributed by atoms with Gasteiger partial charge in [-0.3, -0.25) is 14.3 Å². The highest BCUT2D eigenvalue weighted by Gasteiger charge is 2.17. The molecule has 1 amide bonds. The highest BCUT2D eigenvalue weighted by Crippen LogP contribution is 2.10. The summed E-state index contributed by atoms with van der Waals surface area (Å²) in [5.41, 5.74) is 6.02. The van der Waals surface area contributed by atoms with Crippen molar-refractivity contribution in [3.05, 3.63) is 40.4 Å². The molecule has 0 bridgehead atoms. The van der Waals surface area contributed by atoms with Crippen molar-refractivity contribution in [3.8, 4) is 0 Å². The largest absolute Gasteiger partial charge is 0.316 e. The van der Waals surface area contributed by atoms with Gasteiger partial charge >= 0.3 is 0 Å². The van der Waals surface area contributed by atoms with Gasteiger partial charge in [0.2, 0.25) is 5.91 Å². The Balaban J connectivity index is 2.08. The Labute approximate surface area is 102 Å². The van der Waals surface area contributed by atoms with E-state index in [1.165, 1.54) is 18.3 Å². The molecule has 2 heterocycles. The number of aromatic amines is 1. The fourth-order valence-electron chi connectivity index (χ4n) is 1.37. The Morgan fingerprint density at radius 2 is 2.33 bits per heavy atom. The molecule has 2 aromatic rings. The Kier molecular flexibility index (Phi) is 3.20. The molecule has 0 aromatic carbocycles. The van der Waals surface area contributed by atoms with Crippen LogP contribution in [0.1, 0.15) is 11.6 Å². The van der Waals surface area contributed by atoms with Crippen LogP contribution >= 0.6 is 0 Å². The van der Waals surface area contributed by atoms with E-state index in [0.29, 0.717) is 5.56 Å². The number of aryl methyl sites for hydroxylation is 1. The molecule has 2 rings (SSSR count). The number of carbonyl (C=O) groups excluding carboxylic acids is 1. The maximum Gasteiger partial charge on any atom is 0.264 e. The Bertz CT molecular complexity index is 596. The molecule has 0 aliphatic rings. The zero-order valence-electron chi connectivity index (χ0n) is 9.62. The predicted octanol–water partition coefficient (Wildman–Crippen LogP) is -0.858. The smallest absolute Gasteiger partial charge is 0.264 e. The lowest BCUT2D eigenvalue weighted by atomic mass is 10.1. The molecule has 0 radical (unpaired) electrons. The van der Waals surface area contributed by atoms with Gasteiger partial charge in [0.25, 0.3) is 5.56 Å². The van der Waals surface area contributed by atoms with Crippen molar-refractivity contribution in [1.82, 2.24) is 20.0 Å². The number of H-pyrrole nitrogens is 1. The van der Waals surface area contributed by atoms with Gasteiger partial charge in [-0.1, -0.05) is 0 Å². The maximum atomic E-state index is 11.8. The summed E-state index contributed by atoms with van der Waals surface area (Å²) in [6, 6.07) is 1.82. The van der Waals surface area contributed by atoms with Crippen LogP contribution in [0.25, 0.3) is 0 Å². The SMILES string of the molecule is Cn1cc(C(N)C(=O)Nc2ccc(=O)[nH]n2)cn1. The van der Waals surface area contributed by atoms with Gasteiger partial charge in [0, 0.05) is 24.9 Å². The van der Waals surface area contributed by atoms with E-state index < -0.39 is 11.9 Å². The first-order chi connectivity index (χ1) is 8.56. The van der Waals surface area contributed by atoms with Crippen LogP contribution in [0.4, 0.5) is 5.82 Å². The van der Waals surface area contributed by atoms with Gasteiger partial charge in [0.05, 0.1) is 6.20 Å². The fourth-order valence-corrected chi connectivity index (χ4v) is 1.37. The number of amides is 1. The molecule has 18 heavy (non-hydrogen) atoms. The second-order valence-corrected chi connectivity index (χ2v) is 3.72. The Morgan fingerprint density at radius 1 is 1.56 bits per heavy atom. The number of rotatable bonds is 3. The summed E-state index contributed by atoms with van der Waals surface area (Å²) in [5, 5.41) is 12.3. The van der Waals surface area contributed by atoms with E-state index in [1.54, 1.807) is 17.9 Å². The van der Waals surface area contributed by atoms with Crippen LogP contribution in [0.3, 0.4) is 0 Å². The third kappa shape index (κ3) is 2.61. The molecule has 0 aliphatic carbocycles. The summed E-state index contributed by atoms with van der Waals surface area (Å²) in [4.78, 5) is 22.6. The molecule has 1 unspecified atom stereocenters. The first kappa shape index (κ1) is 12.0. The average Bonchev–Trinajstić information content (AvgIpc) is 2.78. The molecule has 94 valence electrons. The van der Waals surface area contributed by atoms with Crippen molar-refractivity contribution in [1.29, 1.82) is 0 Å². The van der Waals surface area contributed by atoms with Crippen LogP contribution in [-0.4, -0.2) is 25.9 Å². The van der Waals surface area contributed by atoms with Crippen LogP contribution in [-0.2, 0) is 11.8 Å². The third-order valence-electron chi connectivity index (χ3n) is 2.30. The van der Waals surface area contributed by atoms with Gasteiger partial charge < -0.3 is 11.1 Å². The normalized spacial score (nSPS) is 12.1. The minimum absolute atomic E-state index is 0.235. The molecule has 0 fully saturated rings. The van der Waals surface area contributed by atoms with Gasteiger partial charge in [-0.15, -0.1) is 0 Å². The van der Waals surface area contributed by atoms with E-state index in [-0.39, 0.29) is 11.4 Å². The second kappa shape index (κ2) is 4.80. The zero-order valence-corrected chi connectivity index (χ0v) is 9.62. The molecule has 4 N–H and O–H groups in total. The predicted molar refractivity (Wildman–Crippen MR) is 63.6 cm³/mol. The monoisotopic (exact) mass is 248 g/mol. The maximum absolute atomic E-state index is 11.8. The van der Waals surface area contributed by atoms with Crippen molar-refractivity contribution in [2.45, 2.75) is 6.04 Å². The van der Waals surface area contributed by atoms with E-state index in [9.17, 15) is 9.59 Å². The van der Waals surface area contributed by atoms with Crippen LogP contribution in [0.2, 0.25) is 0 Å². The number of nitrogens with one attached hydrogen (secondary N) is 2. The first-order valence-electron chi connectivity index (χ1n) is 5.17. The summed E-state index contributed by atoms with van der Waals surface area (Å²) < 4.78 is 1.56. The van der Waals surface area contributed by atoms with E-state index in [0.717, 1.165) is 0 Å². The number of aromatic nitrogens is 4. The number of hydrogen-bond donors (Lipinski definition) is 3. The molecule has 8 nitrogen and oxygen atoms in total. The molecule has 0 spiro atoms. The highest BCUT2D eigenvalue weighted by atomic mass is 16.2. The van der Waals surface area contributed by atoms with Gasteiger partial charge in [-0.25, -0.2) is 5.10 Å². The lowest BCUT2D eigenvalue weighted by molar-refractivity contribution is -0.117. The molecule has 1 atom stereocenters. The van der Waals surface area contributed by atoms with Crippen LogP contribution in [0.15, 0.2) is 29.3 Å². The Hall–Kier alpha value is -2.48. The standard InChI is InChI=1S/C10H12N6O2/c1-16-5-6(4-12-16)9(11)10(18)13-7-2-3-8(17)15-14-7/h2-5,9H,11H2,1H3,(H,15,17)(H,13,14,18). The summed E-state index contributed by atoms with van der Waals surface area (Å²) in [6.07, 6.45) is 3.18. The molecule has 0 aliphatic heterocycles. The average molecular weight is 248 g/mol. The van der Waals surface area contributed by atoms with Crippen molar-refractivity contribution >= 4 is 11.7 Å². The third-order valence-corrected chi connectivity index (χ3v) is 2.30. The van der Waals surface area contributed by atoms with Crippen LogP contribution in [0.5, 0.6) is 0 Å². The summed E-state index contributed by atoms with van der Waals surface area (Å²) in [6.45, 7) is 0. The van der Waals surface area contributed by atoms with Crippen molar-refractivity contribution in [3.63, 3.8) is 0 Å². The topological polar surface area (TPSA) is 119 Å². The molecular weight excluding hydrogens is 236 g/mol. The van der Waals surface area contributed by atoms with Gasteiger partial charge in [0.15, 0.2) is 5.82 Å². The van der Waals surface area contributed by atoms with E-state index in [1.807, 2.05) is 0 Å². The van der Waals surface area contributed by atoms with Crippen molar-refractivity contribution < 1.29 is 4.79 Å². The minimum Gasteiger partial charge on any atom is -0.316 e. The van der Waals surface area contributed by atoms with E-state index in [4.69, 9.17) is 5.73 Å². The van der Waals surface area contributed by atoms with Gasteiger partial charge in [0.1, 0.15) is 6.04 Å². The van der Waals surface area contributed by atoms with Crippen molar-refractivity contribution in [2.24, 2.45) is 12.8 Å². The second-order valence-electron chi connectivity index (χ2n) is 3.72. The number of nitrogens with zero attached hydrogens (tertiary/aromatic N) is 3. The minimum atomic E-state index is -0.840.